The average Bonchev–Trinajstić information content (AvgIpc) is 3.37. The van der Waals surface area contributed by atoms with Crippen molar-refractivity contribution in [2.75, 3.05) is 14.2 Å². The van der Waals surface area contributed by atoms with Crippen LogP contribution < -0.4 is 20.1 Å². The summed E-state index contributed by atoms with van der Waals surface area (Å²) in [6.07, 6.45) is 2.56. The minimum atomic E-state index is -0.879. The van der Waals surface area contributed by atoms with E-state index in [4.69, 9.17) is 9.47 Å². The second-order valence-corrected chi connectivity index (χ2v) is 8.92. The van der Waals surface area contributed by atoms with Gasteiger partial charge in [-0.1, -0.05) is 12.1 Å². The van der Waals surface area contributed by atoms with E-state index >= 15 is 0 Å². The fourth-order valence-corrected chi connectivity index (χ4v) is 4.93. The quantitative estimate of drug-likeness (QED) is 0.454. The van der Waals surface area contributed by atoms with Crippen molar-refractivity contribution in [3.05, 3.63) is 59.3 Å². The molecule has 3 aromatic rings. The fourth-order valence-electron chi connectivity index (χ4n) is 4.93. The van der Waals surface area contributed by atoms with Crippen molar-refractivity contribution in [3.8, 4) is 11.5 Å². The molecule has 2 heterocycles. The molecule has 0 spiro atoms. The summed E-state index contributed by atoms with van der Waals surface area (Å²) in [6, 6.07) is 11.5. The van der Waals surface area contributed by atoms with Gasteiger partial charge in [0.05, 0.1) is 33.2 Å². The summed E-state index contributed by atoms with van der Waals surface area (Å²) >= 11 is 0. The molecule has 35 heavy (non-hydrogen) atoms. The Morgan fingerprint density at radius 2 is 1.83 bits per heavy atom. The van der Waals surface area contributed by atoms with E-state index in [-0.39, 0.29) is 24.9 Å². The van der Waals surface area contributed by atoms with E-state index in [2.05, 4.69) is 15.6 Å². The molecule has 182 valence electrons. The zero-order valence-corrected chi connectivity index (χ0v) is 19.7. The summed E-state index contributed by atoms with van der Waals surface area (Å²) in [4.78, 5) is 42.8. The van der Waals surface area contributed by atoms with Crippen LogP contribution in [0.3, 0.4) is 0 Å². The van der Waals surface area contributed by atoms with E-state index in [1.807, 2.05) is 18.2 Å². The SMILES string of the molecule is COc1ccc(CN2C(=O)NC(CC(=O)NC3CCCc4c3[nH]c3ccc(OC)cc43)C2=O)cc1. The first-order valence-electron chi connectivity index (χ1n) is 11.7. The number of hydrogen-bond donors (Lipinski definition) is 3. The van der Waals surface area contributed by atoms with Gasteiger partial charge in [-0.15, -0.1) is 0 Å². The van der Waals surface area contributed by atoms with E-state index < -0.39 is 18.0 Å². The van der Waals surface area contributed by atoms with Crippen molar-refractivity contribution in [2.45, 2.75) is 44.3 Å². The molecule has 2 aliphatic rings. The van der Waals surface area contributed by atoms with Gasteiger partial charge in [-0.3, -0.25) is 14.5 Å². The Balaban J connectivity index is 1.24. The molecule has 1 aromatic heterocycles. The third-order valence-corrected chi connectivity index (χ3v) is 6.75. The highest BCUT2D eigenvalue weighted by Gasteiger charge is 2.39. The Bertz CT molecular complexity index is 1280. The van der Waals surface area contributed by atoms with E-state index in [1.54, 1.807) is 38.5 Å². The number of urea groups is 1. The smallest absolute Gasteiger partial charge is 0.325 e. The maximum Gasteiger partial charge on any atom is 0.325 e. The topological polar surface area (TPSA) is 113 Å². The Kier molecular flexibility index (Phi) is 6.07. The third-order valence-electron chi connectivity index (χ3n) is 6.75. The zero-order valence-electron chi connectivity index (χ0n) is 19.7. The number of methoxy groups -OCH3 is 2. The predicted molar refractivity (Wildman–Crippen MR) is 129 cm³/mol. The van der Waals surface area contributed by atoms with Crippen LogP contribution in [-0.2, 0) is 22.6 Å². The lowest BCUT2D eigenvalue weighted by molar-refractivity contribution is -0.131. The maximum absolute atomic E-state index is 12.9. The molecular weight excluding hydrogens is 448 g/mol. The number of ether oxygens (including phenoxy) is 2. The Morgan fingerprint density at radius 1 is 1.09 bits per heavy atom. The van der Waals surface area contributed by atoms with E-state index in [0.717, 1.165) is 52.1 Å². The summed E-state index contributed by atoms with van der Waals surface area (Å²) in [5, 5.41) is 6.82. The van der Waals surface area contributed by atoms with Crippen LogP contribution in [0.4, 0.5) is 4.79 Å². The van der Waals surface area contributed by atoms with Crippen molar-refractivity contribution < 1.29 is 23.9 Å². The molecule has 2 atom stereocenters. The minimum absolute atomic E-state index is 0.108. The number of nitrogens with one attached hydrogen (secondary N) is 3. The normalized spacial score (nSPS) is 19.4. The highest BCUT2D eigenvalue weighted by atomic mass is 16.5. The van der Waals surface area contributed by atoms with Crippen molar-refractivity contribution in [1.29, 1.82) is 0 Å². The zero-order chi connectivity index (χ0) is 24.5. The van der Waals surface area contributed by atoms with Crippen LogP contribution in [0.15, 0.2) is 42.5 Å². The number of carbonyl (C=O) groups excluding carboxylic acids is 3. The standard InChI is InChI=1S/C26H28N4O5/c1-34-16-8-6-15(7-9-16)14-30-25(32)22(29-26(30)33)13-23(31)27-21-5-3-4-18-19-12-17(35-2)10-11-20(19)28-24(18)21/h6-12,21-22,28H,3-5,13-14H2,1-2H3,(H,27,31)(H,29,33). The Labute approximate surface area is 202 Å². The third kappa shape index (κ3) is 4.41. The van der Waals surface area contributed by atoms with Crippen molar-refractivity contribution >= 4 is 28.7 Å². The molecule has 2 aromatic carbocycles. The second kappa shape index (κ2) is 9.32. The molecule has 1 fully saturated rings. The highest BCUT2D eigenvalue weighted by Crippen LogP contribution is 2.36. The van der Waals surface area contributed by atoms with Gasteiger partial charge >= 0.3 is 6.03 Å². The largest absolute Gasteiger partial charge is 0.497 e. The molecule has 1 aliphatic heterocycles. The summed E-state index contributed by atoms with van der Waals surface area (Å²) in [5.41, 5.74) is 3.98. The van der Waals surface area contributed by atoms with E-state index in [9.17, 15) is 14.4 Å². The second-order valence-electron chi connectivity index (χ2n) is 8.92. The number of amides is 4. The van der Waals surface area contributed by atoms with E-state index in [1.165, 1.54) is 5.56 Å². The molecule has 1 aliphatic carbocycles. The van der Waals surface area contributed by atoms with Crippen LogP contribution >= 0.6 is 0 Å². The number of H-pyrrole nitrogens is 1. The molecule has 5 rings (SSSR count). The lowest BCUT2D eigenvalue weighted by Crippen LogP contribution is -2.38. The number of aromatic amines is 1. The van der Waals surface area contributed by atoms with Gasteiger partial charge in [0, 0.05) is 16.6 Å². The molecular formula is C26H28N4O5. The molecule has 0 saturated carbocycles. The van der Waals surface area contributed by atoms with Crippen LogP contribution in [0.2, 0.25) is 0 Å². The number of aromatic nitrogens is 1. The summed E-state index contributed by atoms with van der Waals surface area (Å²) < 4.78 is 10.5. The first kappa shape index (κ1) is 22.8. The van der Waals surface area contributed by atoms with Crippen molar-refractivity contribution in [2.24, 2.45) is 0 Å². The monoisotopic (exact) mass is 476 g/mol. The molecule has 0 bridgehead atoms. The molecule has 9 heteroatoms. The van der Waals surface area contributed by atoms with Gasteiger partial charge in [0.25, 0.3) is 5.91 Å². The first-order chi connectivity index (χ1) is 17.0. The average molecular weight is 477 g/mol. The molecule has 4 amide bonds. The molecule has 1 saturated heterocycles. The molecule has 2 unspecified atom stereocenters. The summed E-state index contributed by atoms with van der Waals surface area (Å²) in [5.74, 6) is 0.813. The number of benzene rings is 2. The maximum atomic E-state index is 12.9. The fraction of sp³-hybridized carbons (Fsp3) is 0.346. The Hall–Kier alpha value is -4.01. The number of aryl methyl sites for hydroxylation is 1. The highest BCUT2D eigenvalue weighted by molar-refractivity contribution is 6.05. The first-order valence-corrected chi connectivity index (χ1v) is 11.7. The van der Waals surface area contributed by atoms with Crippen molar-refractivity contribution in [1.82, 2.24) is 20.5 Å². The lowest BCUT2D eigenvalue weighted by atomic mass is 9.91. The molecule has 3 N–H and O–H groups in total. The number of imide groups is 1. The minimum Gasteiger partial charge on any atom is -0.497 e. The van der Waals surface area contributed by atoms with Gasteiger partial charge in [0.2, 0.25) is 5.91 Å². The molecule has 9 nitrogen and oxygen atoms in total. The van der Waals surface area contributed by atoms with Gasteiger partial charge in [-0.2, -0.15) is 0 Å². The lowest BCUT2D eigenvalue weighted by Gasteiger charge is -2.24. The van der Waals surface area contributed by atoms with E-state index in [0.29, 0.717) is 5.75 Å². The Morgan fingerprint density at radius 3 is 2.57 bits per heavy atom. The van der Waals surface area contributed by atoms with Gasteiger partial charge in [0.15, 0.2) is 0 Å². The molecule has 0 radical (unpaired) electrons. The van der Waals surface area contributed by atoms with Crippen LogP contribution in [0.1, 0.15) is 42.1 Å². The van der Waals surface area contributed by atoms with Crippen molar-refractivity contribution in [3.63, 3.8) is 0 Å². The number of nitrogens with zero attached hydrogens (tertiary/aromatic N) is 1. The van der Waals surface area contributed by atoms with Crippen LogP contribution in [0, 0.1) is 0 Å². The number of fused-ring (bicyclic) bond motifs is 3. The summed E-state index contributed by atoms with van der Waals surface area (Å²) in [7, 11) is 3.22. The van der Waals surface area contributed by atoms with Gasteiger partial charge in [-0.25, -0.2) is 4.79 Å². The number of hydrogen-bond acceptors (Lipinski definition) is 5. The predicted octanol–water partition coefficient (Wildman–Crippen LogP) is 3.19. The van der Waals surface area contributed by atoms with Gasteiger partial charge < -0.3 is 25.1 Å². The van der Waals surface area contributed by atoms with Crippen LogP contribution in [-0.4, -0.2) is 48.0 Å². The summed E-state index contributed by atoms with van der Waals surface area (Å²) in [6.45, 7) is 0.136. The van der Waals surface area contributed by atoms with Crippen LogP contribution in [0.25, 0.3) is 10.9 Å². The van der Waals surface area contributed by atoms with Gasteiger partial charge in [-0.05, 0) is 60.7 Å². The van der Waals surface area contributed by atoms with Crippen LogP contribution in [0.5, 0.6) is 11.5 Å². The van der Waals surface area contributed by atoms with Gasteiger partial charge in [0.1, 0.15) is 17.5 Å². The number of rotatable bonds is 7. The number of carbonyl (C=O) groups is 3.